The Balaban J connectivity index is 2.02. The van der Waals surface area contributed by atoms with Crippen molar-refractivity contribution < 1.29 is 14.3 Å². The van der Waals surface area contributed by atoms with E-state index in [9.17, 15) is 9.59 Å². The molecule has 0 atom stereocenters. The van der Waals surface area contributed by atoms with Gasteiger partial charge < -0.3 is 10.1 Å². The molecule has 0 radical (unpaired) electrons. The Morgan fingerprint density at radius 1 is 1.40 bits per heavy atom. The van der Waals surface area contributed by atoms with Crippen molar-refractivity contribution in [1.29, 1.82) is 0 Å². The van der Waals surface area contributed by atoms with Gasteiger partial charge >= 0.3 is 0 Å². The smallest absolute Gasteiger partial charge is 0.262 e. The third-order valence-electron chi connectivity index (χ3n) is 2.78. The number of ether oxygens (including phenoxy) is 1. The van der Waals surface area contributed by atoms with E-state index in [1.54, 1.807) is 17.5 Å². The molecule has 1 amide bonds. The summed E-state index contributed by atoms with van der Waals surface area (Å²) in [6.45, 7) is -0.0569. The molecule has 20 heavy (non-hydrogen) atoms. The van der Waals surface area contributed by atoms with Gasteiger partial charge in [0.05, 0.1) is 13.6 Å². The highest BCUT2D eigenvalue weighted by molar-refractivity contribution is 14.1. The third-order valence-corrected chi connectivity index (χ3v) is 4.88. The molecule has 3 rings (SSSR count). The van der Waals surface area contributed by atoms with Gasteiger partial charge in [0, 0.05) is 16.5 Å². The number of thiophene rings is 1. The molecule has 0 bridgehead atoms. The normalized spacial score (nSPS) is 13.4. The molecule has 1 aliphatic heterocycles. The van der Waals surface area contributed by atoms with Crippen LogP contribution in [-0.2, 0) is 4.79 Å². The van der Waals surface area contributed by atoms with Crippen molar-refractivity contribution in [1.82, 2.24) is 0 Å². The first kappa shape index (κ1) is 13.8. The second kappa shape index (κ2) is 5.34. The van der Waals surface area contributed by atoms with E-state index in [4.69, 9.17) is 16.3 Å². The number of carbonyl (C=O) groups excluding carboxylic acids is 2. The highest BCUT2D eigenvalue weighted by Crippen LogP contribution is 2.34. The van der Waals surface area contributed by atoms with Crippen LogP contribution in [0.25, 0.3) is 0 Å². The van der Waals surface area contributed by atoms with E-state index in [1.807, 2.05) is 6.07 Å². The molecule has 4 nitrogen and oxygen atoms in total. The lowest BCUT2D eigenvalue weighted by Crippen LogP contribution is -2.25. The van der Waals surface area contributed by atoms with E-state index < -0.39 is 0 Å². The molecule has 0 saturated heterocycles. The number of fused-ring (bicyclic) bond motifs is 1. The number of amides is 1. The van der Waals surface area contributed by atoms with Crippen LogP contribution in [-0.4, -0.2) is 18.3 Å². The van der Waals surface area contributed by atoms with E-state index >= 15 is 0 Å². The van der Waals surface area contributed by atoms with Crippen molar-refractivity contribution >= 4 is 62.9 Å². The Bertz CT molecular complexity index is 728. The average Bonchev–Trinajstić information content (AvgIpc) is 2.84. The minimum absolute atomic E-state index is 0.0569. The lowest BCUT2D eigenvalue weighted by atomic mass is 10.0. The van der Waals surface area contributed by atoms with Crippen LogP contribution < -0.4 is 10.1 Å². The van der Waals surface area contributed by atoms with Crippen molar-refractivity contribution in [3.63, 3.8) is 0 Å². The van der Waals surface area contributed by atoms with Gasteiger partial charge in [-0.3, -0.25) is 9.59 Å². The Kier molecular flexibility index (Phi) is 3.70. The maximum absolute atomic E-state index is 12.4. The number of anilines is 1. The summed E-state index contributed by atoms with van der Waals surface area (Å²) in [5.41, 5.74) is 1.46. The van der Waals surface area contributed by atoms with Gasteiger partial charge in [0.15, 0.2) is 12.4 Å². The van der Waals surface area contributed by atoms with Crippen LogP contribution in [0.2, 0.25) is 5.02 Å². The standard InChI is InChI=1S/C13H7ClINO3S/c14-8-3-9-10(19-4-12(17)16-9)2-7(8)13(18)6-1-11(15)20-5-6/h1-3,5H,4H2,(H,16,17). The molecule has 102 valence electrons. The van der Waals surface area contributed by atoms with Crippen LogP contribution in [0.15, 0.2) is 23.6 Å². The predicted octanol–water partition coefficient (Wildman–Crippen LogP) is 3.57. The summed E-state index contributed by atoms with van der Waals surface area (Å²) in [7, 11) is 0. The summed E-state index contributed by atoms with van der Waals surface area (Å²) in [5, 5.41) is 4.74. The zero-order valence-electron chi connectivity index (χ0n) is 9.91. The quantitative estimate of drug-likeness (QED) is 0.598. The minimum Gasteiger partial charge on any atom is -0.482 e. The topological polar surface area (TPSA) is 55.4 Å². The maximum Gasteiger partial charge on any atom is 0.262 e. The van der Waals surface area contributed by atoms with Gasteiger partial charge in [0.2, 0.25) is 0 Å². The molecule has 1 aromatic carbocycles. The minimum atomic E-state index is -0.236. The first-order valence-corrected chi connectivity index (χ1v) is 7.93. The fourth-order valence-corrected chi connectivity index (χ4v) is 3.43. The lowest BCUT2D eigenvalue weighted by Gasteiger charge is -2.19. The molecule has 1 aliphatic rings. The number of nitrogens with one attached hydrogen (secondary N) is 1. The fourth-order valence-electron chi connectivity index (χ4n) is 1.86. The van der Waals surface area contributed by atoms with Crippen molar-refractivity contribution in [2.75, 3.05) is 11.9 Å². The largest absolute Gasteiger partial charge is 0.482 e. The van der Waals surface area contributed by atoms with Crippen LogP contribution in [0.5, 0.6) is 5.75 Å². The van der Waals surface area contributed by atoms with E-state index in [0.717, 1.165) is 2.88 Å². The Hall–Kier alpha value is -1.12. The van der Waals surface area contributed by atoms with Gasteiger partial charge in [-0.25, -0.2) is 0 Å². The number of halogens is 2. The average molecular weight is 420 g/mol. The van der Waals surface area contributed by atoms with E-state index in [2.05, 4.69) is 27.9 Å². The number of rotatable bonds is 2. The van der Waals surface area contributed by atoms with Crippen LogP contribution in [0, 0.1) is 2.88 Å². The number of hydrogen-bond acceptors (Lipinski definition) is 4. The van der Waals surface area contributed by atoms with Crippen molar-refractivity contribution in [2.45, 2.75) is 0 Å². The Morgan fingerprint density at radius 3 is 2.90 bits per heavy atom. The van der Waals surface area contributed by atoms with E-state index in [-0.39, 0.29) is 18.3 Å². The first-order chi connectivity index (χ1) is 9.54. The molecule has 0 fully saturated rings. The van der Waals surface area contributed by atoms with Gasteiger partial charge in [-0.05, 0) is 40.8 Å². The second-order valence-corrected chi connectivity index (χ2v) is 7.35. The van der Waals surface area contributed by atoms with Crippen LogP contribution >= 0.6 is 45.5 Å². The van der Waals surface area contributed by atoms with E-state index in [1.165, 1.54) is 11.3 Å². The monoisotopic (exact) mass is 419 g/mol. The summed E-state index contributed by atoms with van der Waals surface area (Å²) >= 11 is 9.79. The molecule has 1 aromatic heterocycles. The molecule has 2 heterocycles. The van der Waals surface area contributed by atoms with Crippen molar-refractivity contribution in [2.24, 2.45) is 0 Å². The van der Waals surface area contributed by atoms with Crippen LogP contribution in [0.3, 0.4) is 0 Å². The molecular formula is C13H7ClINO3S. The van der Waals surface area contributed by atoms with Crippen LogP contribution in [0.4, 0.5) is 5.69 Å². The number of carbonyl (C=O) groups is 2. The summed E-state index contributed by atoms with van der Waals surface area (Å²) in [5.74, 6) is 0.0692. The fraction of sp³-hybridized carbons (Fsp3) is 0.0769. The number of benzene rings is 1. The molecule has 0 unspecified atom stereocenters. The van der Waals surface area contributed by atoms with Gasteiger partial charge in [-0.15, -0.1) is 11.3 Å². The Morgan fingerprint density at radius 2 is 2.20 bits per heavy atom. The summed E-state index contributed by atoms with van der Waals surface area (Å²) in [6, 6.07) is 4.93. The zero-order chi connectivity index (χ0) is 14.3. The summed E-state index contributed by atoms with van der Waals surface area (Å²) in [6.07, 6.45) is 0. The molecule has 0 spiro atoms. The second-order valence-electron chi connectivity index (χ2n) is 4.13. The number of ketones is 1. The van der Waals surface area contributed by atoms with Gasteiger partial charge in [-0.1, -0.05) is 11.6 Å². The summed E-state index contributed by atoms with van der Waals surface area (Å²) in [4.78, 5) is 23.6. The molecule has 2 aromatic rings. The van der Waals surface area contributed by atoms with Gasteiger partial charge in [-0.2, -0.15) is 0 Å². The van der Waals surface area contributed by atoms with Gasteiger partial charge in [0.25, 0.3) is 5.91 Å². The molecule has 0 aliphatic carbocycles. The highest BCUT2D eigenvalue weighted by atomic mass is 127. The maximum atomic E-state index is 12.4. The zero-order valence-corrected chi connectivity index (χ0v) is 13.6. The molecule has 7 heteroatoms. The van der Waals surface area contributed by atoms with E-state index in [0.29, 0.717) is 27.6 Å². The molecule has 1 N–H and O–H groups in total. The third kappa shape index (κ3) is 2.55. The van der Waals surface area contributed by atoms with Crippen LogP contribution in [0.1, 0.15) is 15.9 Å². The summed E-state index contributed by atoms with van der Waals surface area (Å²) < 4.78 is 6.33. The van der Waals surface area contributed by atoms with Crippen molar-refractivity contribution in [3.05, 3.63) is 42.6 Å². The Labute approximate surface area is 137 Å². The van der Waals surface area contributed by atoms with Gasteiger partial charge in [0.1, 0.15) is 5.75 Å². The molecular weight excluding hydrogens is 413 g/mol. The lowest BCUT2D eigenvalue weighted by molar-refractivity contribution is -0.118. The molecule has 0 saturated carbocycles. The van der Waals surface area contributed by atoms with Crippen molar-refractivity contribution in [3.8, 4) is 5.75 Å². The first-order valence-electron chi connectivity index (χ1n) is 5.59. The number of hydrogen-bond donors (Lipinski definition) is 1. The SMILES string of the molecule is O=C1COc2cc(C(=O)c3csc(I)c3)c(Cl)cc2N1. The highest BCUT2D eigenvalue weighted by Gasteiger charge is 2.22. The predicted molar refractivity (Wildman–Crippen MR) is 86.0 cm³/mol.